The topological polar surface area (TPSA) is 51.0 Å². The summed E-state index contributed by atoms with van der Waals surface area (Å²) in [7, 11) is 1.93. The zero-order valence-corrected chi connectivity index (χ0v) is 10.0. The molecular formula is C12H21N3O. The van der Waals surface area contributed by atoms with Gasteiger partial charge in [-0.15, -0.1) is 10.2 Å². The minimum absolute atomic E-state index is 0.760. The van der Waals surface area contributed by atoms with Crippen LogP contribution in [0, 0.1) is 5.92 Å². The zero-order valence-electron chi connectivity index (χ0n) is 10.0. The number of nitrogens with zero attached hydrogens (tertiary/aromatic N) is 2. The van der Waals surface area contributed by atoms with Crippen LogP contribution in [0.4, 0.5) is 0 Å². The second kappa shape index (κ2) is 5.99. The molecule has 0 spiro atoms. The summed E-state index contributed by atoms with van der Waals surface area (Å²) in [6.07, 6.45) is 8.59. The predicted molar refractivity (Wildman–Crippen MR) is 62.2 cm³/mol. The fourth-order valence-corrected chi connectivity index (χ4v) is 2.35. The first-order valence-corrected chi connectivity index (χ1v) is 6.34. The molecular weight excluding hydrogens is 202 g/mol. The Hall–Kier alpha value is -0.900. The molecule has 0 bridgehead atoms. The van der Waals surface area contributed by atoms with E-state index in [-0.39, 0.29) is 0 Å². The molecule has 90 valence electrons. The number of likely N-dealkylation sites (N-methyl/N-ethyl adjacent to an activating group) is 1. The molecule has 1 N–H and O–H groups in total. The molecule has 1 aromatic heterocycles. The number of nitrogens with one attached hydrogen (secondary N) is 1. The third-order valence-corrected chi connectivity index (χ3v) is 3.34. The highest BCUT2D eigenvalue weighted by atomic mass is 16.4. The first-order chi connectivity index (χ1) is 7.88. The van der Waals surface area contributed by atoms with Gasteiger partial charge in [-0.05, 0) is 19.4 Å². The van der Waals surface area contributed by atoms with Gasteiger partial charge in [0.05, 0.1) is 0 Å². The van der Waals surface area contributed by atoms with Crippen molar-refractivity contribution in [3.8, 4) is 0 Å². The summed E-state index contributed by atoms with van der Waals surface area (Å²) in [5.74, 6) is 2.47. The van der Waals surface area contributed by atoms with Crippen molar-refractivity contribution in [3.05, 3.63) is 11.8 Å². The van der Waals surface area contributed by atoms with Gasteiger partial charge in [0.25, 0.3) is 0 Å². The number of hydrogen-bond donors (Lipinski definition) is 1. The highest BCUT2D eigenvalue weighted by Gasteiger charge is 2.16. The van der Waals surface area contributed by atoms with Crippen LogP contribution in [-0.4, -0.2) is 23.8 Å². The van der Waals surface area contributed by atoms with Gasteiger partial charge in [0, 0.05) is 19.4 Å². The predicted octanol–water partition coefficient (Wildman–Crippen LogP) is 1.95. The molecule has 4 nitrogen and oxygen atoms in total. The van der Waals surface area contributed by atoms with Crippen molar-refractivity contribution < 1.29 is 4.42 Å². The number of rotatable bonds is 6. The molecule has 1 aliphatic carbocycles. The summed E-state index contributed by atoms with van der Waals surface area (Å²) in [5, 5.41) is 11.2. The molecule has 0 unspecified atom stereocenters. The Labute approximate surface area is 96.8 Å². The van der Waals surface area contributed by atoms with Gasteiger partial charge in [0.1, 0.15) is 0 Å². The lowest BCUT2D eigenvalue weighted by Crippen LogP contribution is -2.10. The van der Waals surface area contributed by atoms with Gasteiger partial charge in [-0.1, -0.05) is 25.7 Å². The molecule has 1 aromatic rings. The standard InChI is InChI=1S/C12H21N3O/c1-13-9-8-12-15-14-11(16-12)7-6-10-4-2-3-5-10/h10,13H,2-9H2,1H3. The average Bonchev–Trinajstić information content (AvgIpc) is 2.95. The van der Waals surface area contributed by atoms with Crippen LogP contribution < -0.4 is 5.32 Å². The molecule has 2 rings (SSSR count). The van der Waals surface area contributed by atoms with Crippen LogP contribution in [-0.2, 0) is 12.8 Å². The minimum Gasteiger partial charge on any atom is -0.425 e. The van der Waals surface area contributed by atoms with Crippen molar-refractivity contribution in [2.45, 2.75) is 44.9 Å². The quantitative estimate of drug-likeness (QED) is 0.801. The molecule has 0 amide bonds. The summed E-state index contributed by atoms with van der Waals surface area (Å²) >= 11 is 0. The Morgan fingerprint density at radius 1 is 1.19 bits per heavy atom. The normalized spacial score (nSPS) is 17.1. The van der Waals surface area contributed by atoms with Crippen LogP contribution in [0.5, 0.6) is 0 Å². The van der Waals surface area contributed by atoms with E-state index in [2.05, 4.69) is 15.5 Å². The fraction of sp³-hybridized carbons (Fsp3) is 0.833. The second-order valence-corrected chi connectivity index (χ2v) is 4.63. The SMILES string of the molecule is CNCCc1nnc(CCC2CCCC2)o1. The highest BCUT2D eigenvalue weighted by molar-refractivity contribution is 4.84. The van der Waals surface area contributed by atoms with E-state index < -0.39 is 0 Å². The summed E-state index contributed by atoms with van der Waals surface area (Å²) < 4.78 is 5.58. The average molecular weight is 223 g/mol. The van der Waals surface area contributed by atoms with Crippen LogP contribution in [0.1, 0.15) is 43.9 Å². The summed E-state index contributed by atoms with van der Waals surface area (Å²) in [5.41, 5.74) is 0. The molecule has 1 fully saturated rings. The lowest BCUT2D eigenvalue weighted by molar-refractivity contribution is 0.414. The maximum Gasteiger partial charge on any atom is 0.217 e. The van der Waals surface area contributed by atoms with Crippen LogP contribution in [0.3, 0.4) is 0 Å². The molecule has 0 aliphatic heterocycles. The summed E-state index contributed by atoms with van der Waals surface area (Å²) in [6.45, 7) is 0.893. The van der Waals surface area contributed by atoms with Gasteiger partial charge in [0.2, 0.25) is 11.8 Å². The van der Waals surface area contributed by atoms with Gasteiger partial charge in [0.15, 0.2) is 0 Å². The van der Waals surface area contributed by atoms with Gasteiger partial charge >= 0.3 is 0 Å². The highest BCUT2D eigenvalue weighted by Crippen LogP contribution is 2.28. The lowest BCUT2D eigenvalue weighted by atomic mass is 10.0. The molecule has 0 aromatic carbocycles. The fourth-order valence-electron chi connectivity index (χ4n) is 2.35. The van der Waals surface area contributed by atoms with Crippen molar-refractivity contribution in [2.24, 2.45) is 5.92 Å². The Bertz CT molecular complexity index is 305. The second-order valence-electron chi connectivity index (χ2n) is 4.63. The largest absolute Gasteiger partial charge is 0.425 e. The van der Waals surface area contributed by atoms with E-state index in [9.17, 15) is 0 Å². The van der Waals surface area contributed by atoms with E-state index in [0.29, 0.717) is 0 Å². The third-order valence-electron chi connectivity index (χ3n) is 3.34. The van der Waals surface area contributed by atoms with E-state index >= 15 is 0 Å². The molecule has 16 heavy (non-hydrogen) atoms. The van der Waals surface area contributed by atoms with Crippen molar-refractivity contribution in [1.29, 1.82) is 0 Å². The van der Waals surface area contributed by atoms with Crippen molar-refractivity contribution in [1.82, 2.24) is 15.5 Å². The Kier molecular flexibility index (Phi) is 4.34. The summed E-state index contributed by atoms with van der Waals surface area (Å²) in [6, 6.07) is 0. The van der Waals surface area contributed by atoms with E-state index in [1.165, 1.54) is 32.1 Å². The first-order valence-electron chi connectivity index (χ1n) is 6.34. The van der Waals surface area contributed by atoms with E-state index in [0.717, 1.165) is 37.1 Å². The Morgan fingerprint density at radius 2 is 1.88 bits per heavy atom. The number of hydrogen-bond acceptors (Lipinski definition) is 4. The van der Waals surface area contributed by atoms with Gasteiger partial charge < -0.3 is 9.73 Å². The van der Waals surface area contributed by atoms with Crippen LogP contribution >= 0.6 is 0 Å². The van der Waals surface area contributed by atoms with Crippen LogP contribution in [0.2, 0.25) is 0 Å². The lowest BCUT2D eigenvalue weighted by Gasteiger charge is -2.04. The van der Waals surface area contributed by atoms with Gasteiger partial charge in [-0.3, -0.25) is 0 Å². The van der Waals surface area contributed by atoms with Crippen molar-refractivity contribution in [2.75, 3.05) is 13.6 Å². The molecule has 4 heteroatoms. The van der Waals surface area contributed by atoms with E-state index in [4.69, 9.17) is 4.42 Å². The molecule has 1 heterocycles. The van der Waals surface area contributed by atoms with Crippen LogP contribution in [0.25, 0.3) is 0 Å². The summed E-state index contributed by atoms with van der Waals surface area (Å²) in [4.78, 5) is 0. The maximum absolute atomic E-state index is 5.58. The molecule has 0 atom stereocenters. The monoisotopic (exact) mass is 223 g/mol. The molecule has 0 saturated heterocycles. The number of aryl methyl sites for hydroxylation is 1. The number of aromatic nitrogens is 2. The molecule has 1 saturated carbocycles. The van der Waals surface area contributed by atoms with Crippen LogP contribution in [0.15, 0.2) is 4.42 Å². The molecule has 1 aliphatic rings. The zero-order chi connectivity index (χ0) is 11.2. The Morgan fingerprint density at radius 3 is 2.56 bits per heavy atom. The van der Waals surface area contributed by atoms with Gasteiger partial charge in [-0.25, -0.2) is 0 Å². The smallest absolute Gasteiger partial charge is 0.217 e. The Balaban J connectivity index is 1.73. The first kappa shape index (κ1) is 11.6. The third kappa shape index (κ3) is 3.30. The van der Waals surface area contributed by atoms with Crippen molar-refractivity contribution >= 4 is 0 Å². The van der Waals surface area contributed by atoms with Gasteiger partial charge in [-0.2, -0.15) is 0 Å². The van der Waals surface area contributed by atoms with E-state index in [1.54, 1.807) is 0 Å². The minimum atomic E-state index is 0.760. The maximum atomic E-state index is 5.58. The van der Waals surface area contributed by atoms with Crippen molar-refractivity contribution in [3.63, 3.8) is 0 Å². The molecule has 0 radical (unpaired) electrons. The van der Waals surface area contributed by atoms with E-state index in [1.807, 2.05) is 7.05 Å².